The van der Waals surface area contributed by atoms with Crippen molar-refractivity contribution in [2.45, 2.75) is 0 Å². The van der Waals surface area contributed by atoms with Crippen molar-refractivity contribution >= 4 is 17.5 Å². The quantitative estimate of drug-likeness (QED) is 0.913. The van der Waals surface area contributed by atoms with Gasteiger partial charge < -0.3 is 15.1 Å². The molecule has 6 heteroatoms. The highest BCUT2D eigenvalue weighted by Gasteiger charge is 2.21. The predicted molar refractivity (Wildman–Crippen MR) is 81.3 cm³/mol. The van der Waals surface area contributed by atoms with Crippen LogP contribution in [0, 0.1) is 0 Å². The number of carbonyl (C=O) groups is 1. The van der Waals surface area contributed by atoms with Gasteiger partial charge in [0.15, 0.2) is 0 Å². The van der Waals surface area contributed by atoms with Gasteiger partial charge in [0, 0.05) is 44.3 Å². The van der Waals surface area contributed by atoms with Gasteiger partial charge in [-0.05, 0) is 12.1 Å². The second-order valence-corrected chi connectivity index (χ2v) is 4.83. The van der Waals surface area contributed by atoms with Crippen molar-refractivity contribution in [2.24, 2.45) is 0 Å². The predicted octanol–water partition coefficient (Wildman–Crippen LogP) is 1.83. The first kappa shape index (κ1) is 13.4. The van der Waals surface area contributed by atoms with Crippen molar-refractivity contribution < 1.29 is 4.79 Å². The molecule has 3 rings (SSSR count). The smallest absolute Gasteiger partial charge is 0.321 e. The van der Waals surface area contributed by atoms with Gasteiger partial charge >= 0.3 is 6.03 Å². The zero-order chi connectivity index (χ0) is 14.5. The number of nitrogens with one attached hydrogen (secondary N) is 1. The van der Waals surface area contributed by atoms with Crippen molar-refractivity contribution in [3.05, 3.63) is 48.9 Å². The highest BCUT2D eigenvalue weighted by Crippen LogP contribution is 2.13. The van der Waals surface area contributed by atoms with Crippen LogP contribution in [0.15, 0.2) is 48.9 Å². The van der Waals surface area contributed by atoms with E-state index >= 15 is 0 Å². The second-order valence-electron chi connectivity index (χ2n) is 4.83. The first-order valence-electron chi connectivity index (χ1n) is 6.95. The number of aromatic nitrogens is 2. The van der Waals surface area contributed by atoms with Gasteiger partial charge in [0.2, 0.25) is 0 Å². The Labute approximate surface area is 123 Å². The number of hydrogen-bond donors (Lipinski definition) is 1. The van der Waals surface area contributed by atoms with E-state index < -0.39 is 0 Å². The largest absolute Gasteiger partial charge is 0.352 e. The number of benzene rings is 1. The minimum atomic E-state index is -0.0556. The van der Waals surface area contributed by atoms with Crippen LogP contribution in [-0.2, 0) is 0 Å². The number of piperazine rings is 1. The molecule has 6 nitrogen and oxygen atoms in total. The maximum Gasteiger partial charge on any atom is 0.321 e. The summed E-state index contributed by atoms with van der Waals surface area (Å²) in [5.74, 6) is 0.862. The lowest BCUT2D eigenvalue weighted by molar-refractivity contribution is 0.208. The molecule has 1 saturated heterocycles. The molecule has 108 valence electrons. The maximum atomic E-state index is 12.2. The highest BCUT2D eigenvalue weighted by molar-refractivity contribution is 5.89. The molecule has 0 radical (unpaired) electrons. The minimum Gasteiger partial charge on any atom is -0.352 e. The molecule has 1 aliphatic rings. The van der Waals surface area contributed by atoms with Gasteiger partial charge in [-0.1, -0.05) is 18.2 Å². The highest BCUT2D eigenvalue weighted by atomic mass is 16.2. The summed E-state index contributed by atoms with van der Waals surface area (Å²) < 4.78 is 0. The SMILES string of the molecule is O=C(Nc1ccccc1)N1CCN(c2cnccn2)CC1. The Bertz CT molecular complexity index is 582. The minimum absolute atomic E-state index is 0.0556. The van der Waals surface area contributed by atoms with Gasteiger partial charge in [-0.25, -0.2) is 9.78 Å². The van der Waals surface area contributed by atoms with Crippen molar-refractivity contribution in [1.82, 2.24) is 14.9 Å². The fourth-order valence-corrected chi connectivity index (χ4v) is 2.32. The van der Waals surface area contributed by atoms with Crippen LogP contribution in [-0.4, -0.2) is 47.1 Å². The van der Waals surface area contributed by atoms with E-state index in [2.05, 4.69) is 20.2 Å². The fraction of sp³-hybridized carbons (Fsp3) is 0.267. The summed E-state index contributed by atoms with van der Waals surface area (Å²) in [6, 6.07) is 9.44. The van der Waals surface area contributed by atoms with Gasteiger partial charge in [0.1, 0.15) is 5.82 Å². The standard InChI is InChI=1S/C15H17N5O/c21-15(18-13-4-2-1-3-5-13)20-10-8-19(9-11-20)14-12-16-6-7-17-14/h1-7,12H,8-11H2,(H,18,21). The van der Waals surface area contributed by atoms with Gasteiger partial charge in [-0.15, -0.1) is 0 Å². The monoisotopic (exact) mass is 283 g/mol. The Morgan fingerprint density at radius 1 is 1.05 bits per heavy atom. The number of para-hydroxylation sites is 1. The average Bonchev–Trinajstić information content (AvgIpc) is 2.57. The third kappa shape index (κ3) is 3.28. The van der Waals surface area contributed by atoms with Gasteiger partial charge in [0.25, 0.3) is 0 Å². The van der Waals surface area contributed by atoms with Gasteiger partial charge in [-0.2, -0.15) is 0 Å². The molecule has 2 heterocycles. The van der Waals surface area contributed by atoms with Crippen LogP contribution in [0.3, 0.4) is 0 Å². The van der Waals surface area contributed by atoms with Gasteiger partial charge in [0.05, 0.1) is 6.20 Å². The van der Waals surface area contributed by atoms with E-state index in [1.807, 2.05) is 35.2 Å². The lowest BCUT2D eigenvalue weighted by Crippen LogP contribution is -2.50. The average molecular weight is 283 g/mol. The molecule has 1 fully saturated rings. The van der Waals surface area contributed by atoms with Crippen molar-refractivity contribution in [2.75, 3.05) is 36.4 Å². The molecule has 0 unspecified atom stereocenters. The molecule has 2 amide bonds. The molecule has 0 spiro atoms. The zero-order valence-corrected chi connectivity index (χ0v) is 11.6. The topological polar surface area (TPSA) is 61.4 Å². The summed E-state index contributed by atoms with van der Waals surface area (Å²) in [6.45, 7) is 2.88. The first-order chi connectivity index (χ1) is 10.3. The van der Waals surface area contributed by atoms with E-state index in [1.54, 1.807) is 18.6 Å². The number of hydrogen-bond acceptors (Lipinski definition) is 4. The Kier molecular flexibility index (Phi) is 3.95. The molecule has 2 aromatic rings. The summed E-state index contributed by atoms with van der Waals surface area (Å²) in [4.78, 5) is 24.5. The number of nitrogens with zero attached hydrogens (tertiary/aromatic N) is 4. The van der Waals surface area contributed by atoms with E-state index in [4.69, 9.17) is 0 Å². The Morgan fingerprint density at radius 2 is 1.81 bits per heavy atom. The number of urea groups is 1. The molecule has 0 saturated carbocycles. The number of amides is 2. The van der Waals surface area contributed by atoms with E-state index in [-0.39, 0.29) is 6.03 Å². The van der Waals surface area contributed by atoms with Crippen LogP contribution < -0.4 is 10.2 Å². The van der Waals surface area contributed by atoms with Crippen LogP contribution >= 0.6 is 0 Å². The summed E-state index contributed by atoms with van der Waals surface area (Å²) in [5.41, 5.74) is 0.818. The summed E-state index contributed by atoms with van der Waals surface area (Å²) in [5, 5.41) is 2.91. The van der Waals surface area contributed by atoms with E-state index in [0.29, 0.717) is 13.1 Å². The lowest BCUT2D eigenvalue weighted by atomic mass is 10.3. The van der Waals surface area contributed by atoms with Crippen LogP contribution in [0.1, 0.15) is 0 Å². The Hall–Kier alpha value is -2.63. The summed E-state index contributed by atoms with van der Waals surface area (Å²) >= 11 is 0. The van der Waals surface area contributed by atoms with Crippen molar-refractivity contribution in [1.29, 1.82) is 0 Å². The van der Waals surface area contributed by atoms with Crippen LogP contribution in [0.25, 0.3) is 0 Å². The molecule has 1 aromatic carbocycles. The molecule has 0 aliphatic carbocycles. The summed E-state index contributed by atoms with van der Waals surface area (Å²) in [6.07, 6.45) is 5.09. The van der Waals surface area contributed by atoms with E-state index in [1.165, 1.54) is 0 Å². The zero-order valence-electron chi connectivity index (χ0n) is 11.6. The Morgan fingerprint density at radius 3 is 2.48 bits per heavy atom. The molecule has 0 bridgehead atoms. The fourth-order valence-electron chi connectivity index (χ4n) is 2.32. The molecule has 0 atom stereocenters. The number of rotatable bonds is 2. The van der Waals surface area contributed by atoms with Crippen LogP contribution in [0.5, 0.6) is 0 Å². The molecule has 1 aliphatic heterocycles. The third-order valence-corrected chi connectivity index (χ3v) is 3.47. The third-order valence-electron chi connectivity index (χ3n) is 3.47. The lowest BCUT2D eigenvalue weighted by Gasteiger charge is -2.35. The second kappa shape index (κ2) is 6.21. The molecular weight excluding hydrogens is 266 g/mol. The van der Waals surface area contributed by atoms with Crippen LogP contribution in [0.2, 0.25) is 0 Å². The van der Waals surface area contributed by atoms with Crippen molar-refractivity contribution in [3.63, 3.8) is 0 Å². The normalized spacial score (nSPS) is 14.9. The molecule has 1 N–H and O–H groups in total. The van der Waals surface area contributed by atoms with Gasteiger partial charge in [-0.3, -0.25) is 4.98 Å². The van der Waals surface area contributed by atoms with E-state index in [9.17, 15) is 4.79 Å². The number of anilines is 2. The van der Waals surface area contributed by atoms with Crippen molar-refractivity contribution in [3.8, 4) is 0 Å². The summed E-state index contributed by atoms with van der Waals surface area (Å²) in [7, 11) is 0. The molecule has 21 heavy (non-hydrogen) atoms. The maximum absolute atomic E-state index is 12.2. The van der Waals surface area contributed by atoms with E-state index in [0.717, 1.165) is 24.6 Å². The van der Waals surface area contributed by atoms with Crippen LogP contribution in [0.4, 0.5) is 16.3 Å². The first-order valence-corrected chi connectivity index (χ1v) is 6.95. The molecular formula is C15H17N5O. The Balaban J connectivity index is 1.55. The molecule has 1 aromatic heterocycles. The number of carbonyl (C=O) groups excluding carboxylic acids is 1.